The van der Waals surface area contributed by atoms with E-state index in [1.807, 2.05) is 0 Å². The van der Waals surface area contributed by atoms with Crippen molar-refractivity contribution in [1.82, 2.24) is 4.90 Å². The van der Waals surface area contributed by atoms with Gasteiger partial charge < -0.3 is 15.7 Å². The first-order valence-electron chi connectivity index (χ1n) is 5.93. The molecule has 5 heteroatoms. The van der Waals surface area contributed by atoms with Crippen LogP contribution in [0.3, 0.4) is 0 Å². The molecule has 1 aliphatic rings. The van der Waals surface area contributed by atoms with Gasteiger partial charge in [-0.2, -0.15) is 0 Å². The smallest absolute Gasteiger partial charge is 0.323 e. The summed E-state index contributed by atoms with van der Waals surface area (Å²) in [5.74, 6) is -1.20. The number of nitrogens with zero attached hydrogens (tertiary/aromatic N) is 1. The number of rotatable bonds is 5. The van der Waals surface area contributed by atoms with Crippen LogP contribution in [0.2, 0.25) is 0 Å². The highest BCUT2D eigenvalue weighted by Crippen LogP contribution is 2.28. The van der Waals surface area contributed by atoms with Crippen molar-refractivity contribution in [2.45, 2.75) is 25.4 Å². The molecule has 0 aromatic heterocycles. The maximum Gasteiger partial charge on any atom is 0.323 e. The third-order valence-corrected chi connectivity index (χ3v) is 2.99. The lowest BCUT2D eigenvalue weighted by molar-refractivity contribution is -0.137. The summed E-state index contributed by atoms with van der Waals surface area (Å²) < 4.78 is 0. The fourth-order valence-electron chi connectivity index (χ4n) is 1.85. The molecule has 1 saturated carbocycles. The highest BCUT2D eigenvalue weighted by atomic mass is 16.4. The molecule has 0 bridgehead atoms. The molecule has 1 aromatic carbocycles. The van der Waals surface area contributed by atoms with Gasteiger partial charge in [0, 0.05) is 18.2 Å². The average Bonchev–Trinajstić information content (AvgIpc) is 3.19. The second-order valence-electron chi connectivity index (χ2n) is 4.46. The molecule has 1 aliphatic carbocycles. The maximum atomic E-state index is 12.2. The monoisotopic (exact) mass is 248 g/mol. The minimum Gasteiger partial charge on any atom is -0.480 e. The maximum absolute atomic E-state index is 12.2. The Morgan fingerprint density at radius 2 is 1.89 bits per heavy atom. The molecule has 0 aliphatic heterocycles. The number of carbonyl (C=O) groups excluding carboxylic acids is 1. The lowest BCUT2D eigenvalue weighted by Crippen LogP contribution is -2.37. The van der Waals surface area contributed by atoms with Crippen molar-refractivity contribution in [3.63, 3.8) is 0 Å². The Bertz CT molecular complexity index is 452. The third kappa shape index (κ3) is 2.87. The number of amides is 1. The van der Waals surface area contributed by atoms with E-state index >= 15 is 0 Å². The Morgan fingerprint density at radius 1 is 1.28 bits per heavy atom. The second kappa shape index (κ2) is 5.18. The molecule has 1 fully saturated rings. The van der Waals surface area contributed by atoms with E-state index in [1.165, 1.54) is 4.90 Å². The SMILES string of the molecule is NCc1ccc(C(=O)N(CC(=O)O)C2CC2)cc1. The van der Waals surface area contributed by atoms with Gasteiger partial charge in [0.1, 0.15) is 6.54 Å². The van der Waals surface area contributed by atoms with E-state index in [0.29, 0.717) is 12.1 Å². The van der Waals surface area contributed by atoms with Crippen LogP contribution in [0.5, 0.6) is 0 Å². The van der Waals surface area contributed by atoms with Gasteiger partial charge in [-0.3, -0.25) is 9.59 Å². The van der Waals surface area contributed by atoms with Crippen molar-refractivity contribution in [2.24, 2.45) is 5.73 Å². The predicted octanol–water partition coefficient (Wildman–Crippen LogP) is 0.834. The molecule has 18 heavy (non-hydrogen) atoms. The van der Waals surface area contributed by atoms with Crippen LogP contribution < -0.4 is 5.73 Å². The molecule has 0 atom stereocenters. The molecule has 0 saturated heterocycles. The van der Waals surface area contributed by atoms with Gasteiger partial charge in [-0.25, -0.2) is 0 Å². The molecule has 3 N–H and O–H groups in total. The summed E-state index contributed by atoms with van der Waals surface area (Å²) in [6.07, 6.45) is 1.78. The molecular weight excluding hydrogens is 232 g/mol. The fourth-order valence-corrected chi connectivity index (χ4v) is 1.85. The first kappa shape index (κ1) is 12.6. The summed E-state index contributed by atoms with van der Waals surface area (Å²) in [6, 6.07) is 7.06. The van der Waals surface area contributed by atoms with Gasteiger partial charge in [0.15, 0.2) is 0 Å². The van der Waals surface area contributed by atoms with Crippen molar-refractivity contribution >= 4 is 11.9 Å². The number of benzene rings is 1. The van der Waals surface area contributed by atoms with Gasteiger partial charge in [-0.05, 0) is 30.5 Å². The van der Waals surface area contributed by atoms with Crippen LogP contribution in [0, 0.1) is 0 Å². The van der Waals surface area contributed by atoms with Crippen LogP contribution in [0.25, 0.3) is 0 Å². The Hall–Kier alpha value is -1.88. The molecule has 5 nitrogen and oxygen atoms in total. The standard InChI is InChI=1S/C13H16N2O3/c14-7-9-1-3-10(4-2-9)13(18)15(8-12(16)17)11-5-6-11/h1-4,11H,5-8,14H2,(H,16,17). The van der Waals surface area contributed by atoms with Crippen LogP contribution in [0.4, 0.5) is 0 Å². The minimum absolute atomic E-state index is 0.0859. The van der Waals surface area contributed by atoms with Crippen molar-refractivity contribution in [1.29, 1.82) is 0 Å². The van der Waals surface area contributed by atoms with E-state index in [4.69, 9.17) is 10.8 Å². The van der Waals surface area contributed by atoms with Gasteiger partial charge in [0.2, 0.25) is 0 Å². The van der Waals surface area contributed by atoms with Crippen LogP contribution in [0.1, 0.15) is 28.8 Å². The van der Waals surface area contributed by atoms with E-state index in [9.17, 15) is 9.59 Å². The topological polar surface area (TPSA) is 83.6 Å². The summed E-state index contributed by atoms with van der Waals surface area (Å²) in [5, 5.41) is 8.83. The Labute approximate surface area is 105 Å². The van der Waals surface area contributed by atoms with Crippen LogP contribution >= 0.6 is 0 Å². The minimum atomic E-state index is -0.978. The van der Waals surface area contributed by atoms with Crippen LogP contribution in [-0.2, 0) is 11.3 Å². The Kier molecular flexibility index (Phi) is 3.62. The molecule has 1 aromatic rings. The fraction of sp³-hybridized carbons (Fsp3) is 0.385. The molecule has 0 unspecified atom stereocenters. The Morgan fingerprint density at radius 3 is 2.33 bits per heavy atom. The Balaban J connectivity index is 2.13. The number of aliphatic carboxylic acids is 1. The van der Waals surface area contributed by atoms with E-state index in [-0.39, 0.29) is 18.5 Å². The van der Waals surface area contributed by atoms with Gasteiger partial charge >= 0.3 is 5.97 Å². The predicted molar refractivity (Wildman–Crippen MR) is 66.0 cm³/mol. The van der Waals surface area contributed by atoms with Crippen molar-refractivity contribution in [2.75, 3.05) is 6.54 Å². The van der Waals surface area contributed by atoms with Crippen molar-refractivity contribution in [3.8, 4) is 0 Å². The summed E-state index contributed by atoms with van der Waals surface area (Å²) in [4.78, 5) is 24.4. The third-order valence-electron chi connectivity index (χ3n) is 2.99. The summed E-state index contributed by atoms with van der Waals surface area (Å²) >= 11 is 0. The molecule has 0 spiro atoms. The first-order chi connectivity index (χ1) is 8.61. The van der Waals surface area contributed by atoms with Gasteiger partial charge in [-0.15, -0.1) is 0 Å². The van der Waals surface area contributed by atoms with Gasteiger partial charge in [0.05, 0.1) is 0 Å². The van der Waals surface area contributed by atoms with Crippen molar-refractivity contribution < 1.29 is 14.7 Å². The zero-order chi connectivity index (χ0) is 13.1. The molecule has 96 valence electrons. The zero-order valence-corrected chi connectivity index (χ0v) is 10.0. The normalized spacial score (nSPS) is 14.3. The largest absolute Gasteiger partial charge is 0.480 e. The van der Waals surface area contributed by atoms with Crippen LogP contribution in [-0.4, -0.2) is 34.5 Å². The number of carboxylic acids is 1. The highest BCUT2D eigenvalue weighted by Gasteiger charge is 2.34. The van der Waals surface area contributed by atoms with E-state index in [1.54, 1.807) is 24.3 Å². The summed E-state index contributed by atoms with van der Waals surface area (Å²) in [5.41, 5.74) is 6.95. The average molecular weight is 248 g/mol. The van der Waals surface area contributed by atoms with E-state index in [0.717, 1.165) is 18.4 Å². The number of nitrogens with two attached hydrogens (primary N) is 1. The summed E-state index contributed by atoms with van der Waals surface area (Å²) in [6.45, 7) is 0.193. The lowest BCUT2D eigenvalue weighted by Gasteiger charge is -2.20. The lowest BCUT2D eigenvalue weighted by atomic mass is 10.1. The molecular formula is C13H16N2O3. The molecule has 1 amide bonds. The van der Waals surface area contributed by atoms with E-state index in [2.05, 4.69) is 0 Å². The zero-order valence-electron chi connectivity index (χ0n) is 10.0. The van der Waals surface area contributed by atoms with E-state index < -0.39 is 5.97 Å². The highest BCUT2D eigenvalue weighted by molar-refractivity contribution is 5.96. The molecule has 0 radical (unpaired) electrons. The second-order valence-corrected chi connectivity index (χ2v) is 4.46. The number of hydrogen-bond acceptors (Lipinski definition) is 3. The quantitative estimate of drug-likeness (QED) is 0.808. The molecule has 2 rings (SSSR count). The number of hydrogen-bond donors (Lipinski definition) is 2. The van der Waals surface area contributed by atoms with Crippen LogP contribution in [0.15, 0.2) is 24.3 Å². The number of carbonyl (C=O) groups is 2. The number of carboxylic acid groups (broad SMARTS) is 1. The molecule has 0 heterocycles. The van der Waals surface area contributed by atoms with Crippen molar-refractivity contribution in [3.05, 3.63) is 35.4 Å². The summed E-state index contributed by atoms with van der Waals surface area (Å²) in [7, 11) is 0. The van der Waals surface area contributed by atoms with Gasteiger partial charge in [-0.1, -0.05) is 12.1 Å². The van der Waals surface area contributed by atoms with Gasteiger partial charge in [0.25, 0.3) is 5.91 Å². The first-order valence-corrected chi connectivity index (χ1v) is 5.93.